The van der Waals surface area contributed by atoms with E-state index in [1.165, 1.54) is 5.15 Å². The fraction of sp³-hybridized carbons (Fsp3) is 0. The predicted octanol–water partition coefficient (Wildman–Crippen LogP) is 0.767. The van der Waals surface area contributed by atoms with Gasteiger partial charge in [0.25, 0.3) is 0 Å². The molecule has 0 saturated carbocycles. The Morgan fingerprint density at radius 1 is 1.20 bits per heavy atom. The van der Waals surface area contributed by atoms with Crippen molar-refractivity contribution in [3.63, 3.8) is 0 Å². The smallest absolute Gasteiger partial charge is 0.0104 e. The number of hydrogen-bond donors (Lipinski definition) is 0. The van der Waals surface area contributed by atoms with Crippen LogP contribution in [0.25, 0.3) is 0 Å². The van der Waals surface area contributed by atoms with E-state index < -0.39 is 0 Å². The molecule has 0 bridgehead atoms. The van der Waals surface area contributed by atoms with Crippen LogP contribution in [-0.4, -0.2) is 0 Å². The Morgan fingerprint density at radius 3 is 1.20 bits per heavy atom. The van der Waals surface area contributed by atoms with Crippen LogP contribution in [0.3, 0.4) is 0 Å². The zero-order chi connectivity index (χ0) is 2.71. The Balaban J connectivity index is -0.0000000200. The van der Waals surface area contributed by atoms with Gasteiger partial charge in [-0.3, -0.25) is 0 Å². The van der Waals surface area contributed by atoms with Crippen molar-refractivity contribution in [2.45, 2.75) is 0 Å². The molecule has 0 saturated heterocycles. The van der Waals surface area contributed by atoms with Gasteiger partial charge in [-0.15, -0.1) is 0 Å². The van der Waals surface area contributed by atoms with Crippen LogP contribution >= 0.6 is 0 Å². The van der Waals surface area contributed by atoms with Crippen LogP contribution < -0.4 is 0 Å². The van der Waals surface area contributed by atoms with Gasteiger partial charge in [0, 0.05) is 39.0 Å². The van der Waals surface area contributed by atoms with Crippen LogP contribution in [-0.2, 0) is 39.0 Å². The third-order valence-electron chi connectivity index (χ3n) is 0. The molecule has 1 radical (unpaired) electrons. The summed E-state index contributed by atoms with van der Waals surface area (Å²) >= 11 is 0. The summed E-state index contributed by atoms with van der Waals surface area (Å²) in [5, 5.41) is 1.25. The molecule has 0 aromatic heterocycles. The molecule has 0 aliphatic heterocycles. The standard InChI is InChI=1S/Co.F2O.Fe/c;1-3-2;. The average Bonchev–Trinajstić information content (AvgIpc) is 0.918. The molecule has 0 heterocycles. The Hall–Kier alpha value is 0.846. The topological polar surface area (TPSA) is 9.23 Å². The minimum atomic E-state index is 0. The van der Waals surface area contributed by atoms with Crippen molar-refractivity contribution >= 4 is 0 Å². The first-order valence-corrected chi connectivity index (χ1v) is 0.309. The van der Waals surface area contributed by atoms with E-state index in [4.69, 9.17) is 9.05 Å². The second-order valence-electron chi connectivity index (χ2n) is 0.0583. The molecule has 0 fully saturated rings. The summed E-state index contributed by atoms with van der Waals surface area (Å²) < 4.78 is 18.2. The Kier molecular flexibility index (Phi) is 71.3. The summed E-state index contributed by atoms with van der Waals surface area (Å²) in [6, 6.07) is 0. The third kappa shape index (κ3) is 54.8. The molecule has 0 aliphatic carbocycles. The van der Waals surface area contributed by atoms with Crippen molar-refractivity contribution in [3.8, 4) is 0 Å². The van der Waals surface area contributed by atoms with E-state index in [2.05, 4.69) is 0 Å². The van der Waals surface area contributed by atoms with E-state index in [-0.39, 0.29) is 33.8 Å². The van der Waals surface area contributed by atoms with Crippen LogP contribution in [0.5, 0.6) is 0 Å². The Bertz CT molecular complexity index is 9.61. The number of rotatable bonds is 0. The van der Waals surface area contributed by atoms with Gasteiger partial charge in [0.2, 0.25) is 0 Å². The van der Waals surface area contributed by atoms with Gasteiger partial charge in [-0.25, -0.2) is 0 Å². The summed E-state index contributed by atoms with van der Waals surface area (Å²) in [6.45, 7) is 0. The van der Waals surface area contributed by atoms with E-state index in [1.807, 2.05) is 0 Å². The Labute approximate surface area is 48.5 Å². The minimum absolute atomic E-state index is 0. The summed E-state index contributed by atoms with van der Waals surface area (Å²) in [6.07, 6.45) is 0. The van der Waals surface area contributed by atoms with Crippen molar-refractivity contribution in [1.82, 2.24) is 0 Å². The molecule has 0 atom stereocenters. The number of halogens is 2. The fourth-order valence-electron chi connectivity index (χ4n) is 0. The molecule has 0 aliphatic rings. The van der Waals surface area contributed by atoms with Gasteiger partial charge in [0.05, 0.1) is 0 Å². The molecule has 0 N–H and O–H groups in total. The van der Waals surface area contributed by atoms with Gasteiger partial charge in [-0.2, -0.15) is 0 Å². The Morgan fingerprint density at radius 2 is 1.20 bits per heavy atom. The van der Waals surface area contributed by atoms with Gasteiger partial charge in [-0.05, 0) is 9.05 Å². The molecule has 37 valence electrons. The fourth-order valence-corrected chi connectivity index (χ4v) is 0. The first kappa shape index (κ1) is 16.9. The third-order valence-corrected chi connectivity index (χ3v) is 0. The van der Waals surface area contributed by atoms with Gasteiger partial charge in [0.15, 0.2) is 0 Å². The molecular formula is CoF2FeO. The van der Waals surface area contributed by atoms with Crippen molar-refractivity contribution < 1.29 is 48.0 Å². The van der Waals surface area contributed by atoms with Crippen molar-refractivity contribution in [2.75, 3.05) is 0 Å². The van der Waals surface area contributed by atoms with Crippen molar-refractivity contribution in [3.05, 3.63) is 0 Å². The molecule has 0 spiro atoms. The second kappa shape index (κ2) is 21.0. The van der Waals surface area contributed by atoms with Gasteiger partial charge in [-0.1, -0.05) is 0 Å². The molecule has 0 aromatic rings. The van der Waals surface area contributed by atoms with Crippen molar-refractivity contribution in [1.29, 1.82) is 0 Å². The van der Waals surface area contributed by atoms with E-state index in [1.54, 1.807) is 0 Å². The first-order chi connectivity index (χ1) is 1.41. The summed E-state index contributed by atoms with van der Waals surface area (Å²) in [5.74, 6) is 0. The molecule has 0 aromatic carbocycles. The predicted molar refractivity (Wildman–Crippen MR) is 3.30 cm³/mol. The van der Waals surface area contributed by atoms with Gasteiger partial charge < -0.3 is 0 Å². The monoisotopic (exact) mass is 169 g/mol. The molecule has 0 unspecified atom stereocenters. The summed E-state index contributed by atoms with van der Waals surface area (Å²) in [7, 11) is 0. The zero-order valence-electron chi connectivity index (χ0n) is 1.85. The van der Waals surface area contributed by atoms with Gasteiger partial charge in [0.1, 0.15) is 0 Å². The van der Waals surface area contributed by atoms with Crippen molar-refractivity contribution in [2.24, 2.45) is 0 Å². The minimum Gasteiger partial charge on any atom is -0.0104 e. The van der Waals surface area contributed by atoms with Crippen LogP contribution in [0, 0.1) is 0 Å². The quantitative estimate of drug-likeness (QED) is 0.486. The molecule has 1 nitrogen and oxygen atoms in total. The van der Waals surface area contributed by atoms with Gasteiger partial charge >= 0.3 is 0 Å². The van der Waals surface area contributed by atoms with Crippen LogP contribution in [0.4, 0.5) is 9.05 Å². The summed E-state index contributed by atoms with van der Waals surface area (Å²) in [4.78, 5) is 0. The van der Waals surface area contributed by atoms with E-state index >= 15 is 0 Å². The SMILES string of the molecule is FOF.[Co].[Fe]. The maximum atomic E-state index is 9.12. The molecule has 0 rings (SSSR count). The van der Waals surface area contributed by atoms with E-state index in [0.717, 1.165) is 0 Å². The zero-order valence-corrected chi connectivity index (χ0v) is 4.00. The number of hydrogen-bond acceptors (Lipinski definition) is 1. The maximum absolute atomic E-state index is 9.12. The van der Waals surface area contributed by atoms with Crippen LogP contribution in [0.2, 0.25) is 0 Å². The normalized spacial score (nSPS) is 3.60. The molecular weight excluding hydrogens is 169 g/mol. The van der Waals surface area contributed by atoms with Crippen LogP contribution in [0.1, 0.15) is 0 Å². The molecule has 5 heavy (non-hydrogen) atoms. The van der Waals surface area contributed by atoms with Crippen LogP contribution in [0.15, 0.2) is 0 Å². The van der Waals surface area contributed by atoms with E-state index in [0.29, 0.717) is 0 Å². The maximum Gasteiger partial charge on any atom is 0.0209 e. The molecule has 5 heteroatoms. The summed E-state index contributed by atoms with van der Waals surface area (Å²) in [5.41, 5.74) is 0. The second-order valence-corrected chi connectivity index (χ2v) is 0.0583. The molecule has 0 amide bonds. The first-order valence-electron chi connectivity index (χ1n) is 0.309. The largest absolute Gasteiger partial charge is 0.0209 e. The van der Waals surface area contributed by atoms with E-state index in [9.17, 15) is 0 Å². The average molecular weight is 169 g/mol.